The van der Waals surface area contributed by atoms with Crippen molar-refractivity contribution in [2.75, 3.05) is 26.7 Å². The molecule has 1 aliphatic heterocycles. The third-order valence-electron chi connectivity index (χ3n) is 4.36. The van der Waals surface area contributed by atoms with Crippen LogP contribution in [0.4, 0.5) is 0 Å². The second-order valence-corrected chi connectivity index (χ2v) is 7.42. The maximum atomic E-state index is 5.85. The standard InChI is InChI=1S/C20H34N4O.HI/c1-15(2)10-22-20(21-5)23-11-18-8-6-7-9-19(18)14-24-12-16(3)25-17(4)13-24;/h6-9,15-17H,10-14H2,1-5H3,(H2,21,22,23);1H. The van der Waals surface area contributed by atoms with Gasteiger partial charge in [0.05, 0.1) is 12.2 Å². The van der Waals surface area contributed by atoms with Gasteiger partial charge in [0.25, 0.3) is 0 Å². The quantitative estimate of drug-likeness (QED) is 0.378. The molecule has 0 amide bonds. The van der Waals surface area contributed by atoms with Crippen molar-refractivity contribution in [3.05, 3.63) is 35.4 Å². The van der Waals surface area contributed by atoms with Gasteiger partial charge in [0, 0.05) is 39.8 Å². The van der Waals surface area contributed by atoms with Gasteiger partial charge < -0.3 is 15.4 Å². The summed E-state index contributed by atoms with van der Waals surface area (Å²) < 4.78 is 5.85. The number of hydrogen-bond acceptors (Lipinski definition) is 3. The van der Waals surface area contributed by atoms with E-state index in [1.807, 2.05) is 7.05 Å². The number of nitrogens with zero attached hydrogens (tertiary/aromatic N) is 2. The van der Waals surface area contributed by atoms with Gasteiger partial charge in [-0.25, -0.2) is 0 Å². The molecule has 2 atom stereocenters. The molecule has 2 rings (SSSR count). The van der Waals surface area contributed by atoms with Gasteiger partial charge in [0.15, 0.2) is 5.96 Å². The minimum absolute atomic E-state index is 0. The van der Waals surface area contributed by atoms with Gasteiger partial charge in [-0.15, -0.1) is 24.0 Å². The Hall–Kier alpha value is -0.860. The number of halogens is 1. The van der Waals surface area contributed by atoms with Crippen LogP contribution in [-0.4, -0.2) is 49.7 Å². The van der Waals surface area contributed by atoms with Crippen LogP contribution in [0.2, 0.25) is 0 Å². The van der Waals surface area contributed by atoms with E-state index in [0.717, 1.165) is 38.7 Å². The third kappa shape index (κ3) is 7.80. The molecule has 1 fully saturated rings. The predicted octanol–water partition coefficient (Wildman–Crippen LogP) is 3.23. The first kappa shape index (κ1) is 23.2. The van der Waals surface area contributed by atoms with E-state index in [4.69, 9.17) is 4.74 Å². The zero-order valence-corrected chi connectivity index (χ0v) is 19.1. The van der Waals surface area contributed by atoms with Crippen LogP contribution in [0, 0.1) is 5.92 Å². The number of benzene rings is 1. The fourth-order valence-electron chi connectivity index (χ4n) is 3.24. The van der Waals surface area contributed by atoms with Gasteiger partial charge in [-0.1, -0.05) is 38.1 Å². The Bertz CT molecular complexity index is 554. The number of rotatable bonds is 6. The number of hydrogen-bond donors (Lipinski definition) is 2. The van der Waals surface area contributed by atoms with Gasteiger partial charge in [-0.05, 0) is 30.9 Å². The summed E-state index contributed by atoms with van der Waals surface area (Å²) in [6.45, 7) is 13.3. The van der Waals surface area contributed by atoms with Gasteiger partial charge in [0.2, 0.25) is 0 Å². The fourth-order valence-corrected chi connectivity index (χ4v) is 3.24. The van der Waals surface area contributed by atoms with E-state index >= 15 is 0 Å². The predicted molar refractivity (Wildman–Crippen MR) is 120 cm³/mol. The molecule has 0 spiro atoms. The second-order valence-electron chi connectivity index (χ2n) is 7.42. The monoisotopic (exact) mass is 474 g/mol. The number of nitrogens with one attached hydrogen (secondary N) is 2. The van der Waals surface area contributed by atoms with Crippen LogP contribution in [-0.2, 0) is 17.8 Å². The lowest BCUT2D eigenvalue weighted by Crippen LogP contribution is -2.45. The molecule has 0 saturated carbocycles. The van der Waals surface area contributed by atoms with Crippen LogP contribution < -0.4 is 10.6 Å². The van der Waals surface area contributed by atoms with Crippen LogP contribution in [0.1, 0.15) is 38.8 Å². The summed E-state index contributed by atoms with van der Waals surface area (Å²) in [5.74, 6) is 1.45. The first-order valence-corrected chi connectivity index (χ1v) is 9.37. The molecule has 1 aromatic rings. The molecule has 2 N–H and O–H groups in total. The fraction of sp³-hybridized carbons (Fsp3) is 0.650. The van der Waals surface area contributed by atoms with Crippen LogP contribution >= 0.6 is 24.0 Å². The molecular formula is C20H35IN4O. The van der Waals surface area contributed by atoms with Gasteiger partial charge in [0.1, 0.15) is 0 Å². The molecule has 1 aromatic carbocycles. The number of morpholine rings is 1. The van der Waals surface area contributed by atoms with E-state index < -0.39 is 0 Å². The average molecular weight is 474 g/mol. The van der Waals surface area contributed by atoms with E-state index in [1.54, 1.807) is 0 Å². The third-order valence-corrected chi connectivity index (χ3v) is 4.36. The highest BCUT2D eigenvalue weighted by Gasteiger charge is 2.22. The van der Waals surface area contributed by atoms with E-state index in [2.05, 4.69) is 72.5 Å². The highest BCUT2D eigenvalue weighted by atomic mass is 127. The Morgan fingerprint density at radius 1 is 1.15 bits per heavy atom. The van der Waals surface area contributed by atoms with E-state index in [0.29, 0.717) is 18.1 Å². The summed E-state index contributed by atoms with van der Waals surface area (Å²) in [5.41, 5.74) is 2.69. The van der Waals surface area contributed by atoms with Gasteiger partial charge in [-0.3, -0.25) is 9.89 Å². The first-order valence-electron chi connectivity index (χ1n) is 9.37. The molecule has 0 radical (unpaired) electrons. The minimum Gasteiger partial charge on any atom is -0.373 e. The Kier molecular flexibility index (Phi) is 10.5. The first-order chi connectivity index (χ1) is 12.0. The van der Waals surface area contributed by atoms with Crippen LogP contribution in [0.15, 0.2) is 29.3 Å². The van der Waals surface area contributed by atoms with Crippen molar-refractivity contribution in [3.63, 3.8) is 0 Å². The normalized spacial score (nSPS) is 21.4. The molecule has 148 valence electrons. The number of ether oxygens (including phenoxy) is 1. The lowest BCUT2D eigenvalue weighted by Gasteiger charge is -2.35. The maximum absolute atomic E-state index is 5.85. The maximum Gasteiger partial charge on any atom is 0.191 e. The highest BCUT2D eigenvalue weighted by Crippen LogP contribution is 2.17. The molecule has 0 aromatic heterocycles. The Balaban J connectivity index is 0.00000338. The Morgan fingerprint density at radius 2 is 1.77 bits per heavy atom. The molecule has 2 unspecified atom stereocenters. The molecule has 6 heteroatoms. The Morgan fingerprint density at radius 3 is 2.35 bits per heavy atom. The summed E-state index contributed by atoms with van der Waals surface area (Å²) in [5, 5.41) is 6.80. The summed E-state index contributed by atoms with van der Waals surface area (Å²) in [4.78, 5) is 6.80. The van der Waals surface area contributed by atoms with Crippen molar-refractivity contribution in [3.8, 4) is 0 Å². The van der Waals surface area contributed by atoms with Crippen molar-refractivity contribution < 1.29 is 4.74 Å². The van der Waals surface area contributed by atoms with E-state index in [1.165, 1.54) is 11.1 Å². The molecule has 0 bridgehead atoms. The number of guanidine groups is 1. The lowest BCUT2D eigenvalue weighted by atomic mass is 10.1. The molecule has 5 nitrogen and oxygen atoms in total. The zero-order chi connectivity index (χ0) is 18.2. The molecule has 1 saturated heterocycles. The van der Waals surface area contributed by atoms with E-state index in [9.17, 15) is 0 Å². The van der Waals surface area contributed by atoms with Gasteiger partial charge >= 0.3 is 0 Å². The Labute approximate surface area is 176 Å². The number of aliphatic imine (C=N–C) groups is 1. The second kappa shape index (κ2) is 11.8. The summed E-state index contributed by atoms with van der Waals surface area (Å²) in [7, 11) is 1.82. The summed E-state index contributed by atoms with van der Waals surface area (Å²) in [6, 6.07) is 8.66. The molecule has 0 aliphatic carbocycles. The topological polar surface area (TPSA) is 48.9 Å². The highest BCUT2D eigenvalue weighted by molar-refractivity contribution is 14.0. The summed E-state index contributed by atoms with van der Waals surface area (Å²) >= 11 is 0. The molecule has 1 aliphatic rings. The van der Waals surface area contributed by atoms with Crippen LogP contribution in [0.25, 0.3) is 0 Å². The van der Waals surface area contributed by atoms with E-state index in [-0.39, 0.29) is 24.0 Å². The zero-order valence-electron chi connectivity index (χ0n) is 16.8. The average Bonchev–Trinajstić information content (AvgIpc) is 2.55. The van der Waals surface area contributed by atoms with Crippen molar-refractivity contribution in [2.24, 2.45) is 10.9 Å². The largest absolute Gasteiger partial charge is 0.373 e. The SMILES string of the molecule is CN=C(NCc1ccccc1CN1CC(C)OC(C)C1)NCC(C)C.I. The van der Waals surface area contributed by atoms with Crippen LogP contribution in [0.3, 0.4) is 0 Å². The van der Waals surface area contributed by atoms with Crippen molar-refractivity contribution in [1.82, 2.24) is 15.5 Å². The van der Waals surface area contributed by atoms with Crippen LogP contribution in [0.5, 0.6) is 0 Å². The smallest absolute Gasteiger partial charge is 0.191 e. The molecule has 1 heterocycles. The minimum atomic E-state index is 0. The lowest BCUT2D eigenvalue weighted by molar-refractivity contribution is -0.0705. The molecule has 26 heavy (non-hydrogen) atoms. The van der Waals surface area contributed by atoms with Crippen molar-refractivity contribution >= 4 is 29.9 Å². The van der Waals surface area contributed by atoms with Crippen molar-refractivity contribution in [1.29, 1.82) is 0 Å². The van der Waals surface area contributed by atoms with Gasteiger partial charge in [-0.2, -0.15) is 0 Å². The summed E-state index contributed by atoms with van der Waals surface area (Å²) in [6.07, 6.45) is 0.598. The molecular weight excluding hydrogens is 439 g/mol. The van der Waals surface area contributed by atoms with Crippen molar-refractivity contribution in [2.45, 2.75) is 53.0 Å².